The molecule has 0 aromatic heterocycles. The Morgan fingerprint density at radius 3 is 2.25 bits per heavy atom. The minimum Gasteiger partial charge on any atom is -0.391 e. The fourth-order valence-electron chi connectivity index (χ4n) is 1.82. The second-order valence-electron chi connectivity index (χ2n) is 4.96. The lowest BCUT2D eigenvalue weighted by Crippen LogP contribution is -2.28. The van der Waals surface area contributed by atoms with Crippen molar-refractivity contribution in [1.82, 2.24) is 0 Å². The van der Waals surface area contributed by atoms with Crippen molar-refractivity contribution < 1.29 is 22.7 Å². The molecular weight excluding hydrogens is 298 g/mol. The molecule has 0 spiro atoms. The average Bonchev–Trinajstić information content (AvgIpc) is 2.26. The van der Waals surface area contributed by atoms with E-state index >= 15 is 0 Å². The van der Waals surface area contributed by atoms with Gasteiger partial charge in [0.2, 0.25) is 0 Å². The first-order chi connectivity index (χ1) is 8.62. The van der Waals surface area contributed by atoms with Crippen LogP contribution in [0, 0.1) is 11.7 Å². The Labute approximate surface area is 121 Å². The van der Waals surface area contributed by atoms with E-state index in [1.165, 1.54) is 6.07 Å². The van der Waals surface area contributed by atoms with E-state index in [1.807, 2.05) is 13.8 Å². The number of halogens is 5. The van der Waals surface area contributed by atoms with Gasteiger partial charge in [-0.1, -0.05) is 19.9 Å². The lowest BCUT2D eigenvalue weighted by atomic mass is 9.94. The molecule has 2 atom stereocenters. The summed E-state index contributed by atoms with van der Waals surface area (Å²) >= 11 is 0. The fourth-order valence-corrected chi connectivity index (χ4v) is 1.82. The Kier molecular flexibility index (Phi) is 6.93. The van der Waals surface area contributed by atoms with Crippen molar-refractivity contribution in [3.63, 3.8) is 0 Å². The van der Waals surface area contributed by atoms with E-state index in [0.29, 0.717) is 12.5 Å². The first-order valence-electron chi connectivity index (χ1n) is 5.93. The molecule has 116 valence electrons. The Balaban J connectivity index is 0.00000361. The molecule has 3 N–H and O–H groups in total. The number of hydrogen-bond acceptors (Lipinski definition) is 2. The summed E-state index contributed by atoms with van der Waals surface area (Å²) in [6.07, 6.45) is -5.38. The van der Waals surface area contributed by atoms with Crippen LogP contribution in [0.15, 0.2) is 18.2 Å². The molecule has 0 aliphatic heterocycles. The van der Waals surface area contributed by atoms with Crippen molar-refractivity contribution in [1.29, 1.82) is 0 Å². The molecule has 0 heterocycles. The Hall–Kier alpha value is -0.850. The fraction of sp³-hybridized carbons (Fsp3) is 0.538. The van der Waals surface area contributed by atoms with Crippen LogP contribution in [0.1, 0.15) is 37.4 Å². The van der Waals surface area contributed by atoms with Gasteiger partial charge in [-0.3, -0.25) is 0 Å². The lowest BCUT2D eigenvalue weighted by molar-refractivity contribution is -0.140. The molecule has 0 saturated heterocycles. The van der Waals surface area contributed by atoms with Gasteiger partial charge in [0.1, 0.15) is 5.82 Å². The highest BCUT2D eigenvalue weighted by Gasteiger charge is 2.35. The van der Waals surface area contributed by atoms with Gasteiger partial charge in [-0.25, -0.2) is 4.39 Å². The third-order valence-electron chi connectivity index (χ3n) is 2.81. The molecule has 0 radical (unpaired) electrons. The molecule has 2 nitrogen and oxygen atoms in total. The molecule has 0 bridgehead atoms. The smallest absolute Gasteiger partial charge is 0.391 e. The molecule has 7 heteroatoms. The largest absolute Gasteiger partial charge is 0.419 e. The minimum absolute atomic E-state index is 0. The molecule has 0 fully saturated rings. The summed E-state index contributed by atoms with van der Waals surface area (Å²) in [5, 5.41) is 9.80. The van der Waals surface area contributed by atoms with Gasteiger partial charge in [0.15, 0.2) is 0 Å². The van der Waals surface area contributed by atoms with Crippen LogP contribution in [-0.2, 0) is 6.18 Å². The minimum atomic E-state index is -4.77. The van der Waals surface area contributed by atoms with Gasteiger partial charge in [-0.05, 0) is 30.0 Å². The van der Waals surface area contributed by atoms with Crippen LogP contribution < -0.4 is 5.73 Å². The zero-order valence-electron chi connectivity index (χ0n) is 11.1. The molecule has 0 aliphatic rings. The molecule has 1 aromatic carbocycles. The molecule has 0 amide bonds. The van der Waals surface area contributed by atoms with Crippen molar-refractivity contribution in [3.05, 3.63) is 35.1 Å². The van der Waals surface area contributed by atoms with Crippen LogP contribution in [0.2, 0.25) is 0 Å². The maximum Gasteiger partial charge on any atom is 0.419 e. The topological polar surface area (TPSA) is 46.2 Å². The quantitative estimate of drug-likeness (QED) is 0.833. The van der Waals surface area contributed by atoms with Gasteiger partial charge in [-0.15, -0.1) is 12.4 Å². The van der Waals surface area contributed by atoms with Crippen molar-refractivity contribution in [3.8, 4) is 0 Å². The van der Waals surface area contributed by atoms with Crippen molar-refractivity contribution in [2.45, 2.75) is 38.6 Å². The average molecular weight is 316 g/mol. The maximum absolute atomic E-state index is 13.1. The van der Waals surface area contributed by atoms with Gasteiger partial charge in [0.25, 0.3) is 0 Å². The summed E-state index contributed by atoms with van der Waals surface area (Å²) in [5.41, 5.74) is 4.42. The summed E-state index contributed by atoms with van der Waals surface area (Å²) in [6.45, 7) is 3.73. The third kappa shape index (κ3) is 4.92. The highest BCUT2D eigenvalue weighted by molar-refractivity contribution is 5.85. The van der Waals surface area contributed by atoms with E-state index < -0.39 is 29.7 Å². The second-order valence-corrected chi connectivity index (χ2v) is 4.96. The molecule has 20 heavy (non-hydrogen) atoms. The van der Waals surface area contributed by atoms with E-state index in [4.69, 9.17) is 5.73 Å². The van der Waals surface area contributed by atoms with Crippen LogP contribution in [0.3, 0.4) is 0 Å². The zero-order chi connectivity index (χ0) is 14.8. The first-order valence-corrected chi connectivity index (χ1v) is 5.93. The van der Waals surface area contributed by atoms with Gasteiger partial charge in [0.05, 0.1) is 17.7 Å². The molecule has 1 aromatic rings. The Morgan fingerprint density at radius 2 is 1.80 bits per heavy atom. The zero-order valence-corrected chi connectivity index (χ0v) is 11.9. The van der Waals surface area contributed by atoms with Crippen molar-refractivity contribution in [2.75, 3.05) is 0 Å². The maximum atomic E-state index is 13.1. The highest BCUT2D eigenvalue weighted by Crippen LogP contribution is 2.33. The summed E-state index contributed by atoms with van der Waals surface area (Å²) in [6, 6.07) is 1.58. The van der Waals surface area contributed by atoms with E-state index in [1.54, 1.807) is 0 Å². The number of nitrogens with two attached hydrogens (primary N) is 1. The number of aliphatic hydroxyl groups excluding tert-OH is 1. The lowest BCUT2D eigenvalue weighted by Gasteiger charge is -2.21. The second kappa shape index (κ2) is 7.24. The molecule has 0 unspecified atom stereocenters. The van der Waals surface area contributed by atoms with Crippen molar-refractivity contribution >= 4 is 12.4 Å². The number of aliphatic hydroxyl groups is 1. The van der Waals surface area contributed by atoms with Gasteiger partial charge in [0, 0.05) is 0 Å². The molecule has 1 rings (SSSR count). The standard InChI is InChI=1S/C13H17F4NO.ClH/c1-7(2)5-11(19)12(18)8-3-4-10(14)9(6-8)13(15,16)17;/h3-4,6-7,11-12,19H,5,18H2,1-2H3;1H/t11-,12+;/m1./s1. The summed E-state index contributed by atoms with van der Waals surface area (Å²) in [4.78, 5) is 0. The van der Waals surface area contributed by atoms with Gasteiger partial charge < -0.3 is 10.8 Å². The predicted molar refractivity (Wildman–Crippen MR) is 71.0 cm³/mol. The number of alkyl halides is 3. The summed E-state index contributed by atoms with van der Waals surface area (Å²) in [5.74, 6) is -1.19. The third-order valence-corrected chi connectivity index (χ3v) is 2.81. The van der Waals surface area contributed by atoms with E-state index in [9.17, 15) is 22.7 Å². The van der Waals surface area contributed by atoms with Crippen LogP contribution in [-0.4, -0.2) is 11.2 Å². The van der Waals surface area contributed by atoms with Gasteiger partial charge >= 0.3 is 6.18 Å². The SMILES string of the molecule is CC(C)C[C@@H](O)[C@@H](N)c1ccc(F)c(C(F)(F)F)c1.Cl. The van der Waals surface area contributed by atoms with Crippen LogP contribution in [0.4, 0.5) is 17.6 Å². The summed E-state index contributed by atoms with van der Waals surface area (Å²) in [7, 11) is 0. The number of benzene rings is 1. The Bertz CT molecular complexity index is 437. The van der Waals surface area contributed by atoms with E-state index in [-0.39, 0.29) is 23.9 Å². The van der Waals surface area contributed by atoms with Crippen LogP contribution in [0.25, 0.3) is 0 Å². The first kappa shape index (κ1) is 19.1. The highest BCUT2D eigenvalue weighted by atomic mass is 35.5. The van der Waals surface area contributed by atoms with Crippen LogP contribution in [0.5, 0.6) is 0 Å². The van der Waals surface area contributed by atoms with Crippen LogP contribution >= 0.6 is 12.4 Å². The monoisotopic (exact) mass is 315 g/mol. The molecule has 0 saturated carbocycles. The molecule has 0 aliphatic carbocycles. The predicted octanol–water partition coefficient (Wildman–Crippen LogP) is 3.67. The van der Waals surface area contributed by atoms with Gasteiger partial charge in [-0.2, -0.15) is 13.2 Å². The Morgan fingerprint density at radius 1 is 1.25 bits per heavy atom. The normalized spacial score (nSPS) is 14.8. The van der Waals surface area contributed by atoms with E-state index in [0.717, 1.165) is 6.07 Å². The number of rotatable bonds is 4. The number of hydrogen-bond donors (Lipinski definition) is 2. The summed E-state index contributed by atoms with van der Waals surface area (Å²) < 4.78 is 50.8. The van der Waals surface area contributed by atoms with Crippen molar-refractivity contribution in [2.24, 2.45) is 11.7 Å². The van der Waals surface area contributed by atoms with E-state index in [2.05, 4.69) is 0 Å². The molecular formula is C13H18ClF4NO.